The van der Waals surface area contributed by atoms with E-state index < -0.39 is 11.4 Å². The quantitative estimate of drug-likeness (QED) is 0.881. The van der Waals surface area contributed by atoms with Crippen molar-refractivity contribution in [3.05, 3.63) is 41.1 Å². The molecule has 0 atom stereocenters. The lowest BCUT2D eigenvalue weighted by Crippen LogP contribution is -2.29. The number of fused-ring (bicyclic) bond motifs is 1. The van der Waals surface area contributed by atoms with Crippen molar-refractivity contribution in [3.63, 3.8) is 0 Å². The van der Waals surface area contributed by atoms with Crippen molar-refractivity contribution >= 4 is 16.9 Å². The maximum Gasteiger partial charge on any atom is 0.315 e. The molecule has 0 bridgehead atoms. The third-order valence-corrected chi connectivity index (χ3v) is 3.35. The molecule has 0 aliphatic rings. The average molecular weight is 243 g/mol. The summed E-state index contributed by atoms with van der Waals surface area (Å²) in [5.74, 6) is -0.860. The Hall–Kier alpha value is -1.90. The molecule has 0 fully saturated rings. The molecule has 0 aliphatic heterocycles. The van der Waals surface area contributed by atoms with Gasteiger partial charge in [0.25, 0.3) is 0 Å². The van der Waals surface area contributed by atoms with Gasteiger partial charge in [0.1, 0.15) is 5.41 Å². The van der Waals surface area contributed by atoms with Gasteiger partial charge >= 0.3 is 5.97 Å². The first kappa shape index (κ1) is 12.6. The van der Waals surface area contributed by atoms with Crippen molar-refractivity contribution in [3.8, 4) is 0 Å². The van der Waals surface area contributed by atoms with Crippen LogP contribution in [0.25, 0.3) is 10.9 Å². The minimum Gasteiger partial charge on any atom is -0.481 e. The van der Waals surface area contributed by atoms with E-state index in [0.29, 0.717) is 5.69 Å². The van der Waals surface area contributed by atoms with Gasteiger partial charge in [-0.1, -0.05) is 11.6 Å². The second-order valence-corrected chi connectivity index (χ2v) is 5.28. The summed E-state index contributed by atoms with van der Waals surface area (Å²) in [6.45, 7) is 7.38. The van der Waals surface area contributed by atoms with Crippen LogP contribution in [0.5, 0.6) is 0 Å². The van der Waals surface area contributed by atoms with Gasteiger partial charge in [-0.15, -0.1) is 0 Å². The van der Waals surface area contributed by atoms with Gasteiger partial charge in [-0.05, 0) is 51.5 Å². The molecule has 1 N–H and O–H groups in total. The Bertz CT molecular complexity index is 630. The molecule has 3 nitrogen and oxygen atoms in total. The van der Waals surface area contributed by atoms with Crippen molar-refractivity contribution in [2.45, 2.75) is 33.1 Å². The monoisotopic (exact) mass is 243 g/mol. The molecule has 3 heteroatoms. The average Bonchev–Trinajstić information content (AvgIpc) is 2.29. The predicted molar refractivity (Wildman–Crippen MR) is 71.9 cm³/mol. The zero-order chi connectivity index (χ0) is 13.5. The number of pyridine rings is 1. The molecular weight excluding hydrogens is 226 g/mol. The topological polar surface area (TPSA) is 50.2 Å². The molecule has 1 heterocycles. The second kappa shape index (κ2) is 4.09. The smallest absolute Gasteiger partial charge is 0.315 e. The van der Waals surface area contributed by atoms with Crippen LogP contribution in [0, 0.1) is 13.8 Å². The summed E-state index contributed by atoms with van der Waals surface area (Å²) in [4.78, 5) is 15.8. The van der Waals surface area contributed by atoms with Gasteiger partial charge in [-0.25, -0.2) is 0 Å². The first-order valence-electron chi connectivity index (χ1n) is 5.94. The number of aliphatic carboxylic acids is 1. The number of aryl methyl sites for hydroxylation is 2. The maximum absolute atomic E-state index is 11.3. The predicted octanol–water partition coefficient (Wildman–Crippen LogP) is 3.21. The summed E-state index contributed by atoms with van der Waals surface area (Å²) in [5, 5.41) is 10.3. The Kier molecular flexibility index (Phi) is 2.85. The molecule has 2 aromatic rings. The SMILES string of the molecule is Cc1ccc2nc(C(C)(C)C(=O)O)cc(C)c2c1. The van der Waals surface area contributed by atoms with Gasteiger partial charge in [0.05, 0.1) is 11.2 Å². The van der Waals surface area contributed by atoms with E-state index in [9.17, 15) is 9.90 Å². The molecular formula is C15H17NO2. The Morgan fingerprint density at radius 3 is 2.50 bits per heavy atom. The fraction of sp³-hybridized carbons (Fsp3) is 0.333. The molecule has 0 unspecified atom stereocenters. The van der Waals surface area contributed by atoms with Crippen molar-refractivity contribution in [1.29, 1.82) is 0 Å². The maximum atomic E-state index is 11.3. The number of nitrogens with zero attached hydrogens (tertiary/aromatic N) is 1. The number of benzene rings is 1. The molecule has 0 radical (unpaired) electrons. The van der Waals surface area contributed by atoms with Crippen LogP contribution in [-0.4, -0.2) is 16.1 Å². The van der Waals surface area contributed by atoms with Gasteiger partial charge in [-0.2, -0.15) is 0 Å². The van der Waals surface area contributed by atoms with Gasteiger partial charge in [0, 0.05) is 5.39 Å². The van der Waals surface area contributed by atoms with E-state index >= 15 is 0 Å². The van der Waals surface area contributed by atoms with Gasteiger partial charge < -0.3 is 5.11 Å². The third kappa shape index (κ3) is 1.96. The highest BCUT2D eigenvalue weighted by molar-refractivity contribution is 5.85. The standard InChI is InChI=1S/C15H17NO2/c1-9-5-6-12-11(7-9)10(2)8-13(16-12)15(3,4)14(17)18/h5-8H,1-4H3,(H,17,18). The lowest BCUT2D eigenvalue weighted by Gasteiger charge is -2.20. The molecule has 0 amide bonds. The van der Waals surface area contributed by atoms with Crippen LogP contribution >= 0.6 is 0 Å². The molecule has 1 aromatic carbocycles. The first-order chi connectivity index (χ1) is 8.32. The Morgan fingerprint density at radius 1 is 1.22 bits per heavy atom. The van der Waals surface area contributed by atoms with Crippen LogP contribution < -0.4 is 0 Å². The highest BCUT2D eigenvalue weighted by Gasteiger charge is 2.31. The van der Waals surface area contributed by atoms with Crippen LogP contribution in [-0.2, 0) is 10.2 Å². The minimum atomic E-state index is -0.968. The molecule has 0 spiro atoms. The van der Waals surface area contributed by atoms with Crippen molar-refractivity contribution in [2.24, 2.45) is 0 Å². The Labute approximate surface area is 106 Å². The number of rotatable bonds is 2. The van der Waals surface area contributed by atoms with E-state index in [1.165, 1.54) is 5.56 Å². The molecule has 0 saturated carbocycles. The summed E-state index contributed by atoms with van der Waals surface area (Å²) in [6, 6.07) is 7.89. The Balaban J connectivity index is 2.70. The van der Waals surface area contributed by atoms with Gasteiger partial charge in [0.15, 0.2) is 0 Å². The summed E-state index contributed by atoms with van der Waals surface area (Å²) < 4.78 is 0. The summed E-state index contributed by atoms with van der Waals surface area (Å²) in [6.07, 6.45) is 0. The molecule has 1 aromatic heterocycles. The summed E-state index contributed by atoms with van der Waals surface area (Å²) >= 11 is 0. The number of carbonyl (C=O) groups is 1. The van der Waals surface area contributed by atoms with Crippen LogP contribution in [0.15, 0.2) is 24.3 Å². The van der Waals surface area contributed by atoms with Gasteiger partial charge in [0.2, 0.25) is 0 Å². The van der Waals surface area contributed by atoms with Crippen molar-refractivity contribution < 1.29 is 9.90 Å². The zero-order valence-electron chi connectivity index (χ0n) is 11.1. The molecule has 94 valence electrons. The number of carboxylic acids is 1. The normalized spacial score (nSPS) is 11.8. The fourth-order valence-electron chi connectivity index (χ4n) is 1.94. The number of carboxylic acid groups (broad SMARTS) is 1. The Morgan fingerprint density at radius 2 is 1.89 bits per heavy atom. The van der Waals surface area contributed by atoms with E-state index in [1.807, 2.05) is 32.0 Å². The number of aromatic nitrogens is 1. The fourth-order valence-corrected chi connectivity index (χ4v) is 1.94. The van der Waals surface area contributed by atoms with Crippen LogP contribution in [0.1, 0.15) is 30.7 Å². The molecule has 0 aliphatic carbocycles. The highest BCUT2D eigenvalue weighted by atomic mass is 16.4. The van der Waals surface area contributed by atoms with Crippen LogP contribution in [0.4, 0.5) is 0 Å². The third-order valence-electron chi connectivity index (χ3n) is 3.35. The van der Waals surface area contributed by atoms with E-state index in [4.69, 9.17) is 0 Å². The second-order valence-electron chi connectivity index (χ2n) is 5.28. The lowest BCUT2D eigenvalue weighted by atomic mass is 9.87. The van der Waals surface area contributed by atoms with E-state index in [-0.39, 0.29) is 0 Å². The molecule has 2 rings (SSSR count). The van der Waals surface area contributed by atoms with E-state index in [1.54, 1.807) is 13.8 Å². The highest BCUT2D eigenvalue weighted by Crippen LogP contribution is 2.27. The van der Waals surface area contributed by atoms with Crippen molar-refractivity contribution in [2.75, 3.05) is 0 Å². The first-order valence-corrected chi connectivity index (χ1v) is 5.94. The summed E-state index contributed by atoms with van der Waals surface area (Å²) in [5.41, 5.74) is 2.73. The molecule has 18 heavy (non-hydrogen) atoms. The minimum absolute atomic E-state index is 0.601. The van der Waals surface area contributed by atoms with Gasteiger partial charge in [-0.3, -0.25) is 9.78 Å². The lowest BCUT2D eigenvalue weighted by molar-refractivity contribution is -0.142. The van der Waals surface area contributed by atoms with Crippen LogP contribution in [0.2, 0.25) is 0 Å². The summed E-state index contributed by atoms with van der Waals surface area (Å²) in [7, 11) is 0. The van der Waals surface area contributed by atoms with Crippen LogP contribution in [0.3, 0.4) is 0 Å². The number of hydrogen-bond acceptors (Lipinski definition) is 2. The van der Waals surface area contributed by atoms with Crippen molar-refractivity contribution in [1.82, 2.24) is 4.98 Å². The van der Waals surface area contributed by atoms with E-state index in [2.05, 4.69) is 11.1 Å². The largest absolute Gasteiger partial charge is 0.481 e. The molecule has 0 saturated heterocycles. The van der Waals surface area contributed by atoms with E-state index in [0.717, 1.165) is 16.5 Å². The number of hydrogen-bond donors (Lipinski definition) is 1. The zero-order valence-corrected chi connectivity index (χ0v) is 11.1.